The first kappa shape index (κ1) is 13.5. The lowest BCUT2D eigenvalue weighted by Gasteiger charge is -2.40. The third kappa shape index (κ3) is 2.51. The summed E-state index contributed by atoms with van der Waals surface area (Å²) in [6.07, 6.45) is 6.96. The molecule has 5 heteroatoms. The molecule has 3 heterocycles. The van der Waals surface area contributed by atoms with Gasteiger partial charge in [0.15, 0.2) is 0 Å². The summed E-state index contributed by atoms with van der Waals surface area (Å²) >= 11 is 0. The van der Waals surface area contributed by atoms with Gasteiger partial charge in [-0.1, -0.05) is 0 Å². The number of pyridine rings is 1. The average molecular weight is 296 g/mol. The lowest BCUT2D eigenvalue weighted by atomic mass is 10.0. The molecule has 2 aliphatic rings. The first-order chi connectivity index (χ1) is 10.8. The molecule has 5 nitrogen and oxygen atoms in total. The summed E-state index contributed by atoms with van der Waals surface area (Å²) in [7, 11) is 0. The Labute approximate surface area is 130 Å². The molecule has 0 bridgehead atoms. The quantitative estimate of drug-likeness (QED) is 0.865. The van der Waals surface area contributed by atoms with Crippen molar-refractivity contribution in [3.05, 3.63) is 41.6 Å². The monoisotopic (exact) mass is 296 g/mol. The number of aryl methyl sites for hydroxylation is 2. The van der Waals surface area contributed by atoms with E-state index in [2.05, 4.69) is 19.9 Å². The molecule has 0 aromatic carbocycles. The molecule has 4 rings (SSSR count). The fraction of sp³-hybridized carbons (Fsp3) is 0.471. The Morgan fingerprint density at radius 1 is 1.27 bits per heavy atom. The zero-order chi connectivity index (χ0) is 14.9. The molecule has 114 valence electrons. The largest absolute Gasteiger partial charge is 0.492 e. The second-order valence-corrected chi connectivity index (χ2v) is 6.14. The number of hydrogen-bond donors (Lipinski definition) is 0. The molecule has 1 aliphatic heterocycles. The van der Waals surface area contributed by atoms with Crippen molar-refractivity contribution in [2.45, 2.75) is 26.2 Å². The van der Waals surface area contributed by atoms with E-state index in [1.54, 1.807) is 12.4 Å². The Bertz CT molecular complexity index is 668. The molecule has 0 amide bonds. The highest BCUT2D eigenvalue weighted by Gasteiger charge is 2.32. The van der Waals surface area contributed by atoms with Gasteiger partial charge in [-0.05, 0) is 38.3 Å². The predicted octanol–water partition coefficient (Wildman–Crippen LogP) is 2.18. The van der Waals surface area contributed by atoms with Crippen LogP contribution in [0.25, 0.3) is 0 Å². The van der Waals surface area contributed by atoms with Gasteiger partial charge in [-0.15, -0.1) is 0 Å². The lowest BCUT2D eigenvalue weighted by molar-refractivity contribution is 0.219. The van der Waals surface area contributed by atoms with E-state index in [0.29, 0.717) is 5.92 Å². The molecular formula is C17H20N4O. The third-order valence-electron chi connectivity index (χ3n) is 4.40. The van der Waals surface area contributed by atoms with E-state index in [-0.39, 0.29) is 0 Å². The van der Waals surface area contributed by atoms with Crippen LogP contribution in [0.1, 0.15) is 23.5 Å². The van der Waals surface area contributed by atoms with Crippen molar-refractivity contribution >= 4 is 5.82 Å². The van der Waals surface area contributed by atoms with Gasteiger partial charge in [0.05, 0.1) is 12.8 Å². The maximum absolute atomic E-state index is 5.79. The van der Waals surface area contributed by atoms with Crippen molar-refractivity contribution in [3.63, 3.8) is 0 Å². The molecule has 2 aromatic rings. The minimum Gasteiger partial charge on any atom is -0.492 e. The molecule has 2 aromatic heterocycles. The normalized spacial score (nSPS) is 17.2. The van der Waals surface area contributed by atoms with Gasteiger partial charge in [0.1, 0.15) is 17.4 Å². The third-order valence-corrected chi connectivity index (χ3v) is 4.40. The van der Waals surface area contributed by atoms with Crippen LogP contribution in [0.3, 0.4) is 0 Å². The van der Waals surface area contributed by atoms with Crippen LogP contribution in [0.2, 0.25) is 0 Å². The first-order valence-corrected chi connectivity index (χ1v) is 7.94. The van der Waals surface area contributed by atoms with Gasteiger partial charge in [-0.25, -0.2) is 9.97 Å². The molecule has 1 fully saturated rings. The van der Waals surface area contributed by atoms with Gasteiger partial charge in [0, 0.05) is 36.5 Å². The minimum absolute atomic E-state index is 0.563. The second kappa shape index (κ2) is 5.55. The van der Waals surface area contributed by atoms with Crippen LogP contribution in [0.5, 0.6) is 5.75 Å². The fourth-order valence-corrected chi connectivity index (χ4v) is 3.29. The maximum atomic E-state index is 5.79. The van der Waals surface area contributed by atoms with E-state index in [1.165, 1.54) is 17.7 Å². The van der Waals surface area contributed by atoms with E-state index >= 15 is 0 Å². The number of hydrogen-bond acceptors (Lipinski definition) is 5. The fourth-order valence-electron chi connectivity index (χ4n) is 3.29. The second-order valence-electron chi connectivity index (χ2n) is 6.14. The van der Waals surface area contributed by atoms with E-state index < -0.39 is 0 Å². The zero-order valence-electron chi connectivity index (χ0n) is 12.8. The smallest absolute Gasteiger partial charge is 0.137 e. The van der Waals surface area contributed by atoms with Crippen LogP contribution in [-0.4, -0.2) is 34.6 Å². The van der Waals surface area contributed by atoms with Crippen LogP contribution >= 0.6 is 0 Å². The predicted molar refractivity (Wildman–Crippen MR) is 84.2 cm³/mol. The van der Waals surface area contributed by atoms with Crippen LogP contribution in [0, 0.1) is 12.8 Å². The molecule has 0 saturated carbocycles. The Kier molecular flexibility index (Phi) is 3.41. The van der Waals surface area contributed by atoms with Crippen molar-refractivity contribution in [2.24, 2.45) is 5.92 Å². The van der Waals surface area contributed by atoms with Gasteiger partial charge in [-0.3, -0.25) is 4.98 Å². The number of aromatic nitrogens is 3. The number of fused-ring (bicyclic) bond motifs is 1. The van der Waals surface area contributed by atoms with Crippen LogP contribution < -0.4 is 9.64 Å². The highest BCUT2D eigenvalue weighted by Crippen LogP contribution is 2.32. The van der Waals surface area contributed by atoms with Crippen LogP contribution in [0.4, 0.5) is 5.82 Å². The Morgan fingerprint density at radius 3 is 3.00 bits per heavy atom. The molecule has 0 N–H and O–H groups in total. The van der Waals surface area contributed by atoms with Crippen LogP contribution in [-0.2, 0) is 12.8 Å². The van der Waals surface area contributed by atoms with E-state index in [4.69, 9.17) is 4.74 Å². The Morgan fingerprint density at radius 2 is 2.18 bits per heavy atom. The lowest BCUT2D eigenvalue weighted by Crippen LogP contribution is -2.50. The summed E-state index contributed by atoms with van der Waals surface area (Å²) in [6.45, 7) is 4.77. The van der Waals surface area contributed by atoms with E-state index in [0.717, 1.165) is 49.9 Å². The molecule has 0 unspecified atom stereocenters. The molecule has 0 radical (unpaired) electrons. The topological polar surface area (TPSA) is 51.1 Å². The molecule has 22 heavy (non-hydrogen) atoms. The summed E-state index contributed by atoms with van der Waals surface area (Å²) in [5.74, 6) is 3.47. The van der Waals surface area contributed by atoms with Gasteiger partial charge in [0.25, 0.3) is 0 Å². The number of rotatable bonds is 4. The van der Waals surface area contributed by atoms with Crippen molar-refractivity contribution in [3.8, 4) is 5.75 Å². The first-order valence-electron chi connectivity index (χ1n) is 7.94. The average Bonchev–Trinajstić information content (AvgIpc) is 2.94. The Hall–Kier alpha value is -2.17. The maximum Gasteiger partial charge on any atom is 0.137 e. The summed E-state index contributed by atoms with van der Waals surface area (Å²) in [6, 6.07) is 3.85. The van der Waals surface area contributed by atoms with Gasteiger partial charge < -0.3 is 9.64 Å². The SMILES string of the molecule is Cc1nc2c(c(N3CC(COc4cccnc4)C3)n1)CCC2. The summed E-state index contributed by atoms with van der Waals surface area (Å²) in [5.41, 5.74) is 2.63. The van der Waals surface area contributed by atoms with Crippen molar-refractivity contribution in [2.75, 3.05) is 24.6 Å². The number of nitrogens with zero attached hydrogens (tertiary/aromatic N) is 4. The van der Waals surface area contributed by atoms with Crippen molar-refractivity contribution < 1.29 is 4.74 Å². The van der Waals surface area contributed by atoms with Crippen LogP contribution in [0.15, 0.2) is 24.5 Å². The van der Waals surface area contributed by atoms with Gasteiger partial charge >= 0.3 is 0 Å². The van der Waals surface area contributed by atoms with Crippen molar-refractivity contribution in [1.29, 1.82) is 0 Å². The summed E-state index contributed by atoms with van der Waals surface area (Å²) in [5, 5.41) is 0. The Balaban J connectivity index is 1.38. The molecule has 1 aliphatic carbocycles. The standard InChI is InChI=1S/C17H20N4O/c1-12-19-16-6-2-5-15(16)17(20-12)21-9-13(10-21)11-22-14-4-3-7-18-8-14/h3-4,7-8,13H,2,5-6,9-11H2,1H3. The zero-order valence-corrected chi connectivity index (χ0v) is 12.8. The molecule has 0 atom stereocenters. The molecular weight excluding hydrogens is 276 g/mol. The number of anilines is 1. The molecule has 1 saturated heterocycles. The van der Waals surface area contributed by atoms with E-state index in [9.17, 15) is 0 Å². The minimum atomic E-state index is 0.563. The van der Waals surface area contributed by atoms with Crippen molar-refractivity contribution in [1.82, 2.24) is 15.0 Å². The summed E-state index contributed by atoms with van der Waals surface area (Å²) in [4.78, 5) is 15.7. The number of ether oxygens (including phenoxy) is 1. The highest BCUT2D eigenvalue weighted by molar-refractivity contribution is 5.53. The summed E-state index contributed by atoms with van der Waals surface area (Å²) < 4.78 is 5.79. The molecule has 0 spiro atoms. The van der Waals surface area contributed by atoms with E-state index in [1.807, 2.05) is 19.1 Å². The van der Waals surface area contributed by atoms with Gasteiger partial charge in [-0.2, -0.15) is 0 Å². The highest BCUT2D eigenvalue weighted by atomic mass is 16.5. The van der Waals surface area contributed by atoms with Gasteiger partial charge in [0.2, 0.25) is 0 Å².